The Hall–Kier alpha value is -3.19. The van der Waals surface area contributed by atoms with Crippen LogP contribution >= 0.6 is 11.6 Å². The van der Waals surface area contributed by atoms with Gasteiger partial charge in [-0.3, -0.25) is 4.79 Å². The molecule has 1 saturated carbocycles. The first-order valence-corrected chi connectivity index (χ1v) is 15.4. The van der Waals surface area contributed by atoms with E-state index in [1.807, 2.05) is 4.90 Å². The van der Waals surface area contributed by atoms with Gasteiger partial charge in [-0.25, -0.2) is 22.2 Å². The van der Waals surface area contributed by atoms with E-state index < -0.39 is 34.0 Å². The van der Waals surface area contributed by atoms with Crippen LogP contribution in [-0.2, 0) is 16.9 Å². The molecule has 10 nitrogen and oxygen atoms in total. The molecule has 7 rings (SSSR count). The monoisotopic (exact) mass is 592 g/mol. The van der Waals surface area contributed by atoms with Crippen LogP contribution < -0.4 is 25.8 Å². The molecule has 3 atom stereocenters. The minimum absolute atomic E-state index is 0.0721. The Kier molecular flexibility index (Phi) is 5.73. The molecule has 2 bridgehead atoms. The van der Waals surface area contributed by atoms with Crippen molar-refractivity contribution in [2.75, 3.05) is 33.6 Å². The number of aromatic nitrogens is 3. The van der Waals surface area contributed by atoms with Crippen molar-refractivity contribution in [3.05, 3.63) is 39.8 Å². The Balaban J connectivity index is 1.26. The van der Waals surface area contributed by atoms with Gasteiger partial charge in [0.15, 0.2) is 22.3 Å². The summed E-state index contributed by atoms with van der Waals surface area (Å²) in [7, 11) is -1.53. The second-order valence-corrected chi connectivity index (χ2v) is 13.7. The number of sulfone groups is 1. The van der Waals surface area contributed by atoms with Gasteiger partial charge in [0.25, 0.3) is 5.56 Å². The molecule has 2 unspecified atom stereocenters. The number of aryl methyl sites for hydroxylation is 1. The maximum absolute atomic E-state index is 14.9. The predicted molar refractivity (Wildman–Crippen MR) is 148 cm³/mol. The predicted octanol–water partition coefficient (Wildman–Crippen LogP) is 3.71. The Morgan fingerprint density at radius 1 is 1.18 bits per heavy atom. The fraction of sp³-hybridized carbons (Fsp3) is 0.500. The van der Waals surface area contributed by atoms with Crippen molar-refractivity contribution >= 4 is 55.5 Å². The number of ether oxygens (including phenoxy) is 1. The molecule has 1 aromatic carbocycles. The molecule has 40 heavy (non-hydrogen) atoms. The van der Waals surface area contributed by atoms with E-state index in [0.717, 1.165) is 12.8 Å². The van der Waals surface area contributed by atoms with Crippen molar-refractivity contribution in [3.63, 3.8) is 0 Å². The molecule has 2 saturated heterocycles. The van der Waals surface area contributed by atoms with E-state index >= 15 is 0 Å². The molecule has 2 aromatic heterocycles. The Bertz CT molecular complexity index is 1690. The van der Waals surface area contributed by atoms with E-state index in [1.165, 1.54) is 10.8 Å². The molecular weight excluding hydrogens is 566 g/mol. The van der Waals surface area contributed by atoms with Gasteiger partial charge < -0.3 is 24.8 Å². The number of nitrogens with one attached hydrogen (secondary N) is 2. The average Bonchev–Trinajstić information content (AvgIpc) is 3.70. The normalized spacial score (nSPS) is 26.5. The highest BCUT2D eigenvalue weighted by atomic mass is 35.5. The first-order chi connectivity index (χ1) is 19.0. The zero-order valence-electron chi connectivity index (χ0n) is 21.5. The van der Waals surface area contributed by atoms with Gasteiger partial charge in [0.2, 0.25) is 11.7 Å². The van der Waals surface area contributed by atoms with Gasteiger partial charge in [0.1, 0.15) is 5.02 Å². The van der Waals surface area contributed by atoms with E-state index in [2.05, 4.69) is 20.6 Å². The van der Waals surface area contributed by atoms with Crippen LogP contribution in [0.15, 0.2) is 29.2 Å². The third kappa shape index (κ3) is 4.25. The topological polar surface area (TPSA) is 118 Å². The van der Waals surface area contributed by atoms with Crippen molar-refractivity contribution < 1.29 is 21.9 Å². The number of nitrogens with zero attached hydrogens (tertiary/aromatic N) is 4. The number of pyridine rings is 1. The van der Waals surface area contributed by atoms with Gasteiger partial charge in [0.05, 0.1) is 34.9 Å². The van der Waals surface area contributed by atoms with E-state index in [4.69, 9.17) is 16.3 Å². The lowest BCUT2D eigenvalue weighted by atomic mass is 10.0. The summed E-state index contributed by atoms with van der Waals surface area (Å²) in [5.74, 6) is -2.59. The van der Waals surface area contributed by atoms with Crippen LogP contribution in [0.1, 0.15) is 25.7 Å². The largest absolute Gasteiger partial charge is 0.480 e. The summed E-state index contributed by atoms with van der Waals surface area (Å²) in [4.78, 5) is 24.0. The summed E-state index contributed by atoms with van der Waals surface area (Å²) in [6, 6.07) is 3.71. The molecule has 4 aliphatic rings. The summed E-state index contributed by atoms with van der Waals surface area (Å²) in [6.07, 6.45) is 4.37. The highest BCUT2D eigenvalue weighted by Gasteiger charge is 2.51. The van der Waals surface area contributed by atoms with Crippen molar-refractivity contribution in [2.45, 2.75) is 49.7 Å². The van der Waals surface area contributed by atoms with Crippen LogP contribution in [0.2, 0.25) is 5.02 Å². The van der Waals surface area contributed by atoms with Gasteiger partial charge in [0, 0.05) is 30.2 Å². The molecule has 0 spiro atoms. The van der Waals surface area contributed by atoms with Gasteiger partial charge in [-0.2, -0.15) is 4.98 Å². The van der Waals surface area contributed by atoms with E-state index in [-0.39, 0.29) is 46.0 Å². The molecule has 0 amide bonds. The molecular formula is C26H27ClF2N6O4S. The lowest BCUT2D eigenvalue weighted by Crippen LogP contribution is -2.49. The minimum atomic E-state index is -3.13. The van der Waals surface area contributed by atoms with Crippen molar-refractivity contribution in [1.82, 2.24) is 14.5 Å². The number of rotatable bonds is 4. The van der Waals surface area contributed by atoms with Gasteiger partial charge in [-0.1, -0.05) is 11.6 Å². The molecule has 3 fully saturated rings. The van der Waals surface area contributed by atoms with E-state index in [1.54, 1.807) is 25.2 Å². The number of hydrogen-bond donors (Lipinski definition) is 2. The zero-order chi connectivity index (χ0) is 28.0. The number of benzene rings is 1. The van der Waals surface area contributed by atoms with Crippen molar-refractivity contribution in [2.24, 2.45) is 13.0 Å². The van der Waals surface area contributed by atoms with Crippen LogP contribution in [-0.4, -0.2) is 65.1 Å². The highest BCUT2D eigenvalue weighted by Crippen LogP contribution is 2.46. The number of hydrogen-bond acceptors (Lipinski definition) is 9. The molecule has 0 radical (unpaired) electrons. The smallest absolute Gasteiger partial charge is 0.301 e. The molecule has 5 heterocycles. The summed E-state index contributed by atoms with van der Waals surface area (Å²) in [5, 5.41) is 6.97. The number of fused-ring (bicyclic) bond motifs is 5. The molecule has 3 aromatic rings. The Labute approximate surface area is 233 Å². The molecule has 2 N–H and O–H groups in total. The van der Waals surface area contributed by atoms with Gasteiger partial charge >= 0.3 is 5.92 Å². The molecule has 3 aliphatic heterocycles. The van der Waals surface area contributed by atoms with E-state index in [0.29, 0.717) is 41.2 Å². The van der Waals surface area contributed by atoms with E-state index in [9.17, 15) is 22.0 Å². The summed E-state index contributed by atoms with van der Waals surface area (Å²) < 4.78 is 61.2. The second-order valence-electron chi connectivity index (χ2n) is 11.2. The van der Waals surface area contributed by atoms with Crippen LogP contribution in [0.25, 0.3) is 10.9 Å². The van der Waals surface area contributed by atoms with Crippen LogP contribution in [0, 0.1) is 5.92 Å². The SMILES string of the molecule is Cn1c(=O)c2c(c3cc(Nc4nc(N5C6CCC5CS(=O)(=O)C6)ncc4Cl)ccc31)N[C@@H](C1CC1)C(F)(F)CO2. The van der Waals surface area contributed by atoms with Crippen molar-refractivity contribution in [1.29, 1.82) is 0 Å². The summed E-state index contributed by atoms with van der Waals surface area (Å²) >= 11 is 6.45. The van der Waals surface area contributed by atoms with Gasteiger partial charge in [-0.05, 0) is 49.8 Å². The molecule has 212 valence electrons. The van der Waals surface area contributed by atoms with Gasteiger partial charge in [-0.15, -0.1) is 0 Å². The third-order valence-corrected chi connectivity index (χ3v) is 10.4. The lowest BCUT2D eigenvalue weighted by molar-refractivity contribution is -0.0579. The molecule has 1 aliphatic carbocycles. The Morgan fingerprint density at radius 2 is 1.90 bits per heavy atom. The number of alkyl halides is 2. The third-order valence-electron chi connectivity index (χ3n) is 8.35. The number of anilines is 4. The Morgan fingerprint density at radius 3 is 2.60 bits per heavy atom. The van der Waals surface area contributed by atoms with Crippen LogP contribution in [0.4, 0.5) is 31.9 Å². The van der Waals surface area contributed by atoms with Crippen LogP contribution in [0.5, 0.6) is 5.75 Å². The average molecular weight is 593 g/mol. The number of halogens is 3. The van der Waals surface area contributed by atoms with Crippen molar-refractivity contribution in [3.8, 4) is 5.75 Å². The molecule has 14 heteroatoms. The second kappa shape index (κ2) is 8.90. The lowest BCUT2D eigenvalue weighted by Gasteiger charge is -2.34. The minimum Gasteiger partial charge on any atom is -0.480 e. The fourth-order valence-electron chi connectivity index (χ4n) is 6.26. The maximum Gasteiger partial charge on any atom is 0.301 e. The quantitative estimate of drug-likeness (QED) is 0.467. The van der Waals surface area contributed by atoms with Crippen LogP contribution in [0.3, 0.4) is 0 Å². The zero-order valence-corrected chi connectivity index (χ0v) is 23.1. The summed E-state index contributed by atoms with van der Waals surface area (Å²) in [5.41, 5.74) is 0.858. The highest BCUT2D eigenvalue weighted by molar-refractivity contribution is 7.91. The fourth-order valence-corrected chi connectivity index (χ4v) is 8.36. The maximum atomic E-state index is 14.9. The first-order valence-electron chi connectivity index (χ1n) is 13.2. The summed E-state index contributed by atoms with van der Waals surface area (Å²) in [6.45, 7) is -0.869. The first kappa shape index (κ1) is 25.8. The standard InChI is InChI=1S/C26H27ClF2N6O4S/c1-34-19-7-4-14(8-17(19)20-21(24(34)36)39-12-26(28,29)22(32-20)13-2-3-13)31-23-18(27)9-30-25(33-23)35-15-5-6-16(35)11-40(37,38)10-15/h4,7-9,13,15-16,22,32H,2-3,5-6,10-12H2,1H3,(H,30,31,33)/t15?,16?,22-/m0/s1.